The highest BCUT2D eigenvalue weighted by Gasteiger charge is 2.14. The Bertz CT molecular complexity index is 882. The average Bonchev–Trinajstić information content (AvgIpc) is 2.95. The van der Waals surface area contributed by atoms with Crippen LogP contribution in [0.3, 0.4) is 0 Å². The van der Waals surface area contributed by atoms with E-state index in [0.717, 1.165) is 33.5 Å². The van der Waals surface area contributed by atoms with E-state index in [9.17, 15) is 4.79 Å². The number of benzene rings is 2. The molecule has 0 fully saturated rings. The summed E-state index contributed by atoms with van der Waals surface area (Å²) in [5.74, 6) is 1.40. The average molecular weight is 338 g/mol. The lowest BCUT2D eigenvalue weighted by atomic mass is 10.1. The van der Waals surface area contributed by atoms with E-state index in [1.807, 2.05) is 56.3 Å². The molecule has 0 aliphatic rings. The van der Waals surface area contributed by atoms with E-state index in [2.05, 4.69) is 10.3 Å². The standard InChI is InChI=1S/C20H22N2O3/c1-13-4-9-17-14(2)19(22-18(17)12-13)20(23)21-10-11-25-16-7-5-15(24-3)6-8-16/h4-9,12,22H,10-11H2,1-3H3,(H,21,23). The number of H-pyrrole nitrogens is 1. The third-order valence-corrected chi connectivity index (χ3v) is 4.16. The van der Waals surface area contributed by atoms with Crippen LogP contribution in [0.2, 0.25) is 0 Å². The summed E-state index contributed by atoms with van der Waals surface area (Å²) in [7, 11) is 1.62. The Balaban J connectivity index is 1.56. The molecule has 0 atom stereocenters. The van der Waals surface area contributed by atoms with Crippen LogP contribution < -0.4 is 14.8 Å². The molecule has 2 aromatic carbocycles. The first-order valence-electron chi connectivity index (χ1n) is 8.22. The molecule has 0 bridgehead atoms. The van der Waals surface area contributed by atoms with Gasteiger partial charge in [-0.3, -0.25) is 4.79 Å². The molecule has 5 nitrogen and oxygen atoms in total. The van der Waals surface area contributed by atoms with Gasteiger partial charge in [0.25, 0.3) is 5.91 Å². The highest BCUT2D eigenvalue weighted by atomic mass is 16.5. The van der Waals surface area contributed by atoms with Gasteiger partial charge in [0.05, 0.1) is 13.7 Å². The maximum atomic E-state index is 12.4. The van der Waals surface area contributed by atoms with Crippen LogP contribution in [0.1, 0.15) is 21.6 Å². The molecule has 1 amide bonds. The van der Waals surface area contributed by atoms with Crippen LogP contribution in [0.25, 0.3) is 10.9 Å². The minimum atomic E-state index is -0.121. The van der Waals surface area contributed by atoms with Crippen LogP contribution in [0.5, 0.6) is 11.5 Å². The SMILES string of the molecule is COc1ccc(OCCNC(=O)c2[nH]c3cc(C)ccc3c2C)cc1. The molecule has 2 N–H and O–H groups in total. The molecule has 0 unspecified atom stereocenters. The van der Waals surface area contributed by atoms with E-state index in [-0.39, 0.29) is 5.91 Å². The zero-order valence-electron chi connectivity index (χ0n) is 14.7. The fraction of sp³-hybridized carbons (Fsp3) is 0.250. The summed E-state index contributed by atoms with van der Waals surface area (Å²) in [6.07, 6.45) is 0. The van der Waals surface area contributed by atoms with Gasteiger partial charge in [0.15, 0.2) is 0 Å². The molecule has 1 aromatic heterocycles. The molecule has 5 heteroatoms. The summed E-state index contributed by atoms with van der Waals surface area (Å²) in [6.45, 7) is 4.82. The summed E-state index contributed by atoms with van der Waals surface area (Å²) < 4.78 is 10.7. The number of hydrogen-bond donors (Lipinski definition) is 2. The van der Waals surface area contributed by atoms with Crippen LogP contribution in [-0.2, 0) is 0 Å². The van der Waals surface area contributed by atoms with Crippen LogP contribution in [0, 0.1) is 13.8 Å². The third kappa shape index (κ3) is 3.76. The Morgan fingerprint density at radius 3 is 2.52 bits per heavy atom. The maximum absolute atomic E-state index is 12.4. The van der Waals surface area contributed by atoms with Crippen molar-refractivity contribution in [3.63, 3.8) is 0 Å². The van der Waals surface area contributed by atoms with Crippen molar-refractivity contribution in [3.8, 4) is 11.5 Å². The van der Waals surface area contributed by atoms with E-state index in [4.69, 9.17) is 9.47 Å². The molecule has 0 aliphatic heterocycles. The van der Waals surface area contributed by atoms with E-state index in [1.165, 1.54) is 0 Å². The number of hydrogen-bond acceptors (Lipinski definition) is 3. The summed E-state index contributed by atoms with van der Waals surface area (Å²) in [5, 5.41) is 3.96. The Hall–Kier alpha value is -2.95. The van der Waals surface area contributed by atoms with Crippen molar-refractivity contribution < 1.29 is 14.3 Å². The summed E-state index contributed by atoms with van der Waals surface area (Å²) >= 11 is 0. The predicted octanol–water partition coefficient (Wildman–Crippen LogP) is 3.60. The second kappa shape index (κ2) is 7.30. The number of aromatic nitrogens is 1. The van der Waals surface area contributed by atoms with Gasteiger partial charge in [-0.2, -0.15) is 0 Å². The number of aromatic amines is 1. The van der Waals surface area contributed by atoms with E-state index < -0.39 is 0 Å². The fourth-order valence-corrected chi connectivity index (χ4v) is 2.77. The summed E-state index contributed by atoms with van der Waals surface area (Å²) in [4.78, 5) is 15.6. The largest absolute Gasteiger partial charge is 0.497 e. The van der Waals surface area contributed by atoms with Crippen molar-refractivity contribution in [1.29, 1.82) is 0 Å². The number of carbonyl (C=O) groups is 1. The first kappa shape index (κ1) is 16.9. The van der Waals surface area contributed by atoms with Crippen molar-refractivity contribution in [3.05, 3.63) is 59.3 Å². The first-order chi connectivity index (χ1) is 12.1. The molecule has 0 radical (unpaired) electrons. The lowest BCUT2D eigenvalue weighted by Gasteiger charge is -2.08. The number of fused-ring (bicyclic) bond motifs is 1. The van der Waals surface area contributed by atoms with Crippen LogP contribution in [0.15, 0.2) is 42.5 Å². The molecule has 25 heavy (non-hydrogen) atoms. The van der Waals surface area contributed by atoms with E-state index in [0.29, 0.717) is 18.8 Å². The maximum Gasteiger partial charge on any atom is 0.268 e. The monoisotopic (exact) mass is 338 g/mol. The number of aryl methyl sites for hydroxylation is 2. The van der Waals surface area contributed by atoms with Gasteiger partial charge in [-0.15, -0.1) is 0 Å². The van der Waals surface area contributed by atoms with Crippen molar-refractivity contribution in [2.75, 3.05) is 20.3 Å². The zero-order valence-corrected chi connectivity index (χ0v) is 14.7. The number of carbonyl (C=O) groups excluding carboxylic acids is 1. The Kier molecular flexibility index (Phi) is 4.93. The second-order valence-corrected chi connectivity index (χ2v) is 5.95. The highest BCUT2D eigenvalue weighted by molar-refractivity contribution is 6.00. The minimum Gasteiger partial charge on any atom is -0.497 e. The Labute approximate surface area is 147 Å². The van der Waals surface area contributed by atoms with Crippen molar-refractivity contribution >= 4 is 16.8 Å². The normalized spacial score (nSPS) is 10.7. The second-order valence-electron chi connectivity index (χ2n) is 5.95. The predicted molar refractivity (Wildman–Crippen MR) is 98.6 cm³/mol. The quantitative estimate of drug-likeness (QED) is 0.675. The minimum absolute atomic E-state index is 0.121. The molecular formula is C20H22N2O3. The molecule has 3 aromatic rings. The van der Waals surface area contributed by atoms with Crippen molar-refractivity contribution in [1.82, 2.24) is 10.3 Å². The van der Waals surface area contributed by atoms with Crippen LogP contribution >= 0.6 is 0 Å². The first-order valence-corrected chi connectivity index (χ1v) is 8.22. The lowest BCUT2D eigenvalue weighted by molar-refractivity contribution is 0.0942. The Morgan fingerprint density at radius 1 is 1.08 bits per heavy atom. The fourth-order valence-electron chi connectivity index (χ4n) is 2.77. The number of rotatable bonds is 6. The van der Waals surface area contributed by atoms with E-state index >= 15 is 0 Å². The summed E-state index contributed by atoms with van der Waals surface area (Å²) in [5.41, 5.74) is 3.71. The molecular weight excluding hydrogens is 316 g/mol. The number of amides is 1. The lowest BCUT2D eigenvalue weighted by Crippen LogP contribution is -2.28. The van der Waals surface area contributed by atoms with Gasteiger partial charge in [-0.25, -0.2) is 0 Å². The summed E-state index contributed by atoms with van der Waals surface area (Å²) in [6, 6.07) is 13.5. The third-order valence-electron chi connectivity index (χ3n) is 4.16. The number of nitrogens with one attached hydrogen (secondary N) is 2. The van der Waals surface area contributed by atoms with Gasteiger partial charge < -0.3 is 19.8 Å². The van der Waals surface area contributed by atoms with E-state index in [1.54, 1.807) is 7.11 Å². The highest BCUT2D eigenvalue weighted by Crippen LogP contribution is 2.22. The van der Waals surface area contributed by atoms with Gasteiger partial charge in [-0.1, -0.05) is 12.1 Å². The number of methoxy groups -OCH3 is 1. The molecule has 130 valence electrons. The Morgan fingerprint density at radius 2 is 1.80 bits per heavy atom. The van der Waals surface area contributed by atoms with Crippen LogP contribution in [0.4, 0.5) is 0 Å². The molecule has 3 rings (SSSR count). The molecule has 0 saturated heterocycles. The van der Waals surface area contributed by atoms with Crippen molar-refractivity contribution in [2.45, 2.75) is 13.8 Å². The zero-order chi connectivity index (χ0) is 17.8. The van der Waals surface area contributed by atoms with Gasteiger partial charge >= 0.3 is 0 Å². The number of ether oxygens (including phenoxy) is 2. The van der Waals surface area contributed by atoms with Gasteiger partial charge in [0.1, 0.15) is 23.8 Å². The molecule has 1 heterocycles. The van der Waals surface area contributed by atoms with Gasteiger partial charge in [0, 0.05) is 10.9 Å². The van der Waals surface area contributed by atoms with Crippen molar-refractivity contribution in [2.24, 2.45) is 0 Å². The molecule has 0 spiro atoms. The molecule has 0 aliphatic carbocycles. The smallest absolute Gasteiger partial charge is 0.268 e. The van der Waals surface area contributed by atoms with Gasteiger partial charge in [0.2, 0.25) is 0 Å². The molecule has 0 saturated carbocycles. The topological polar surface area (TPSA) is 63.4 Å². The van der Waals surface area contributed by atoms with Gasteiger partial charge in [-0.05, 0) is 55.3 Å². The van der Waals surface area contributed by atoms with Crippen LogP contribution in [-0.4, -0.2) is 31.2 Å².